The minimum Gasteiger partial charge on any atom is -0.295 e. The van der Waals surface area contributed by atoms with E-state index >= 15 is 0 Å². The molecule has 1 aromatic heterocycles. The van der Waals surface area contributed by atoms with Gasteiger partial charge in [-0.05, 0) is 39.3 Å². The van der Waals surface area contributed by atoms with Gasteiger partial charge in [0.1, 0.15) is 0 Å². The molecule has 3 nitrogen and oxygen atoms in total. The third-order valence-corrected chi connectivity index (χ3v) is 4.60. The predicted octanol–water partition coefficient (Wildman–Crippen LogP) is 2.31. The number of likely N-dealkylation sites (tertiary alicyclic amines) is 2. The van der Waals surface area contributed by atoms with Crippen LogP contribution in [0.3, 0.4) is 0 Å². The molecule has 0 N–H and O–H groups in total. The lowest BCUT2D eigenvalue weighted by Crippen LogP contribution is -2.49. The molecule has 2 fully saturated rings. The van der Waals surface area contributed by atoms with E-state index in [1.165, 1.54) is 25.2 Å². The summed E-state index contributed by atoms with van der Waals surface area (Å²) in [5.41, 5.74) is 1.21. The average Bonchev–Trinajstić information content (AvgIpc) is 2.98. The topological polar surface area (TPSA) is 19.4 Å². The number of nitrogens with zero attached hydrogens (tertiary/aromatic N) is 3. The summed E-state index contributed by atoms with van der Waals surface area (Å²) < 4.78 is 0. The zero-order valence-electron chi connectivity index (χ0n) is 11.6. The van der Waals surface area contributed by atoms with Gasteiger partial charge in [0.25, 0.3) is 0 Å². The van der Waals surface area contributed by atoms with Gasteiger partial charge in [0.05, 0.1) is 5.69 Å². The fraction of sp³-hybridized carbons (Fsp3) is 0.667. The molecule has 2 bridgehead atoms. The molecule has 98 valence electrons. The van der Waals surface area contributed by atoms with Gasteiger partial charge >= 0.3 is 0 Å². The molecular formula is C15H23N3. The van der Waals surface area contributed by atoms with Crippen LogP contribution in [0.25, 0.3) is 0 Å². The van der Waals surface area contributed by atoms with Gasteiger partial charge in [-0.25, -0.2) is 0 Å². The Labute approximate surface area is 110 Å². The highest BCUT2D eigenvalue weighted by atomic mass is 15.4. The van der Waals surface area contributed by atoms with E-state index in [-0.39, 0.29) is 0 Å². The Hall–Kier alpha value is -0.930. The molecule has 3 rings (SSSR count). The maximum atomic E-state index is 4.51. The Morgan fingerprint density at radius 3 is 2.39 bits per heavy atom. The fourth-order valence-electron chi connectivity index (χ4n) is 3.63. The van der Waals surface area contributed by atoms with Crippen LogP contribution in [0, 0.1) is 0 Å². The normalized spacial score (nSPS) is 30.2. The summed E-state index contributed by atoms with van der Waals surface area (Å²) in [6, 6.07) is 8.87. The van der Waals surface area contributed by atoms with Crippen LogP contribution in [-0.4, -0.2) is 46.0 Å². The van der Waals surface area contributed by atoms with E-state index in [1.54, 1.807) is 0 Å². The third kappa shape index (κ3) is 1.95. The van der Waals surface area contributed by atoms with Crippen LogP contribution in [0.1, 0.15) is 38.9 Å². The van der Waals surface area contributed by atoms with Gasteiger partial charge in [0.15, 0.2) is 0 Å². The summed E-state index contributed by atoms with van der Waals surface area (Å²) >= 11 is 0. The highest BCUT2D eigenvalue weighted by Crippen LogP contribution is 2.37. The van der Waals surface area contributed by atoms with E-state index in [0.29, 0.717) is 12.1 Å². The Kier molecular flexibility index (Phi) is 3.12. The lowest BCUT2D eigenvalue weighted by Gasteiger charge is -2.39. The SMILES string of the molecule is CC(C)N1CC2CC1CN2[C@@H](C)c1ccccn1. The van der Waals surface area contributed by atoms with Crippen molar-refractivity contribution in [3.8, 4) is 0 Å². The number of pyridine rings is 1. The van der Waals surface area contributed by atoms with Crippen LogP contribution in [0.4, 0.5) is 0 Å². The van der Waals surface area contributed by atoms with E-state index < -0.39 is 0 Å². The Balaban J connectivity index is 1.71. The Morgan fingerprint density at radius 1 is 1.11 bits per heavy atom. The second kappa shape index (κ2) is 4.63. The van der Waals surface area contributed by atoms with Crippen LogP contribution < -0.4 is 0 Å². The highest BCUT2D eigenvalue weighted by molar-refractivity contribution is 5.11. The lowest BCUT2D eigenvalue weighted by molar-refractivity contribution is 0.0784. The van der Waals surface area contributed by atoms with Crippen LogP contribution in [0.2, 0.25) is 0 Å². The minimum absolute atomic E-state index is 0.454. The number of aromatic nitrogens is 1. The van der Waals surface area contributed by atoms with Gasteiger partial charge < -0.3 is 0 Å². The number of fused-ring (bicyclic) bond motifs is 2. The van der Waals surface area contributed by atoms with E-state index in [4.69, 9.17) is 0 Å². The maximum absolute atomic E-state index is 4.51. The molecule has 3 heterocycles. The van der Waals surface area contributed by atoms with E-state index in [0.717, 1.165) is 12.1 Å². The lowest BCUT2D eigenvalue weighted by atomic mass is 10.1. The summed E-state index contributed by atoms with van der Waals surface area (Å²) in [6.45, 7) is 9.36. The average molecular weight is 245 g/mol. The van der Waals surface area contributed by atoms with Crippen LogP contribution >= 0.6 is 0 Å². The number of piperazine rings is 1. The van der Waals surface area contributed by atoms with Crippen molar-refractivity contribution in [2.24, 2.45) is 0 Å². The quantitative estimate of drug-likeness (QED) is 0.814. The van der Waals surface area contributed by atoms with Crippen molar-refractivity contribution in [3.63, 3.8) is 0 Å². The van der Waals surface area contributed by atoms with Gasteiger partial charge in [-0.2, -0.15) is 0 Å². The first kappa shape index (κ1) is 12.1. The van der Waals surface area contributed by atoms with Gasteiger partial charge in [-0.3, -0.25) is 14.8 Å². The Bertz CT molecular complexity index is 403. The van der Waals surface area contributed by atoms with Crippen molar-refractivity contribution in [3.05, 3.63) is 30.1 Å². The molecule has 0 saturated carbocycles. The third-order valence-electron chi connectivity index (χ3n) is 4.60. The summed E-state index contributed by atoms with van der Waals surface area (Å²) in [5.74, 6) is 0. The molecule has 0 aromatic carbocycles. The summed E-state index contributed by atoms with van der Waals surface area (Å²) in [4.78, 5) is 9.81. The monoisotopic (exact) mass is 245 g/mol. The molecule has 2 unspecified atom stereocenters. The molecule has 0 spiro atoms. The van der Waals surface area contributed by atoms with E-state index in [2.05, 4.69) is 47.7 Å². The maximum Gasteiger partial charge on any atom is 0.0572 e. The van der Waals surface area contributed by atoms with Crippen molar-refractivity contribution < 1.29 is 0 Å². The van der Waals surface area contributed by atoms with Crippen LogP contribution in [0.15, 0.2) is 24.4 Å². The molecule has 0 amide bonds. The summed E-state index contributed by atoms with van der Waals surface area (Å²) in [7, 11) is 0. The number of hydrogen-bond acceptors (Lipinski definition) is 3. The second-order valence-corrected chi connectivity index (χ2v) is 5.96. The van der Waals surface area contributed by atoms with Gasteiger partial charge in [0.2, 0.25) is 0 Å². The molecule has 3 atom stereocenters. The zero-order valence-corrected chi connectivity index (χ0v) is 11.6. The molecule has 18 heavy (non-hydrogen) atoms. The first-order chi connectivity index (χ1) is 8.66. The standard InChI is InChI=1S/C15H23N3/c1-11(2)17-9-14-8-13(17)10-18(14)12(3)15-6-4-5-7-16-15/h4-7,11-14H,8-10H2,1-3H3/t12-,13?,14?/m0/s1. The van der Waals surface area contributed by atoms with Gasteiger partial charge in [0, 0.05) is 43.5 Å². The van der Waals surface area contributed by atoms with Crippen LogP contribution in [0.5, 0.6) is 0 Å². The molecule has 3 heteroatoms. The molecule has 0 aliphatic carbocycles. The zero-order chi connectivity index (χ0) is 12.7. The molecular weight excluding hydrogens is 222 g/mol. The molecule has 0 radical (unpaired) electrons. The van der Waals surface area contributed by atoms with Crippen molar-refractivity contribution in [1.82, 2.24) is 14.8 Å². The molecule has 1 aromatic rings. The Morgan fingerprint density at radius 2 is 1.83 bits per heavy atom. The fourth-order valence-corrected chi connectivity index (χ4v) is 3.63. The van der Waals surface area contributed by atoms with Gasteiger partial charge in [-0.15, -0.1) is 0 Å². The highest BCUT2D eigenvalue weighted by Gasteiger charge is 2.45. The van der Waals surface area contributed by atoms with Crippen molar-refractivity contribution in [1.29, 1.82) is 0 Å². The summed E-state index contributed by atoms with van der Waals surface area (Å²) in [6.07, 6.45) is 3.25. The van der Waals surface area contributed by atoms with E-state index in [9.17, 15) is 0 Å². The van der Waals surface area contributed by atoms with E-state index in [1.807, 2.05) is 12.3 Å². The van der Waals surface area contributed by atoms with Crippen LogP contribution in [-0.2, 0) is 0 Å². The van der Waals surface area contributed by atoms with Gasteiger partial charge in [-0.1, -0.05) is 6.07 Å². The number of hydrogen-bond donors (Lipinski definition) is 0. The first-order valence-electron chi connectivity index (χ1n) is 7.09. The smallest absolute Gasteiger partial charge is 0.0572 e. The van der Waals surface area contributed by atoms with Crippen molar-refractivity contribution in [2.75, 3.05) is 13.1 Å². The number of rotatable bonds is 3. The van der Waals surface area contributed by atoms with Crippen molar-refractivity contribution in [2.45, 2.75) is 51.4 Å². The molecule has 2 saturated heterocycles. The molecule has 2 aliphatic rings. The summed E-state index contributed by atoms with van der Waals surface area (Å²) in [5, 5.41) is 0. The second-order valence-electron chi connectivity index (χ2n) is 5.96. The van der Waals surface area contributed by atoms with Crippen molar-refractivity contribution >= 4 is 0 Å². The largest absolute Gasteiger partial charge is 0.295 e. The first-order valence-corrected chi connectivity index (χ1v) is 7.09. The predicted molar refractivity (Wildman–Crippen MR) is 73.4 cm³/mol. The minimum atomic E-state index is 0.454. The molecule has 2 aliphatic heterocycles.